The van der Waals surface area contributed by atoms with E-state index in [-0.39, 0.29) is 6.29 Å². The minimum atomic E-state index is 0.0228. The molecule has 2 fully saturated rings. The van der Waals surface area contributed by atoms with Crippen molar-refractivity contribution in [3.8, 4) is 0 Å². The fourth-order valence-corrected chi connectivity index (χ4v) is 4.13. The Bertz CT molecular complexity index is 256. The zero-order valence-corrected chi connectivity index (χ0v) is 12.0. The van der Waals surface area contributed by atoms with E-state index >= 15 is 0 Å². The van der Waals surface area contributed by atoms with Crippen LogP contribution in [-0.2, 0) is 9.47 Å². The molecule has 2 heteroatoms. The Hall–Kier alpha value is -0.0800. The van der Waals surface area contributed by atoms with Crippen molar-refractivity contribution in [1.29, 1.82) is 0 Å². The number of hydrogen-bond acceptors (Lipinski definition) is 2. The number of rotatable bonds is 5. The molecule has 0 N–H and O–H groups in total. The first-order valence-corrected chi connectivity index (χ1v) is 7.27. The van der Waals surface area contributed by atoms with Crippen LogP contribution in [0.15, 0.2) is 0 Å². The lowest BCUT2D eigenvalue weighted by Crippen LogP contribution is -2.36. The van der Waals surface area contributed by atoms with Gasteiger partial charge in [-0.3, -0.25) is 0 Å². The molecule has 100 valence electrons. The summed E-state index contributed by atoms with van der Waals surface area (Å²) in [6, 6.07) is 0. The lowest BCUT2D eigenvalue weighted by atomic mass is 9.79. The molecule has 0 spiro atoms. The van der Waals surface area contributed by atoms with Crippen LogP contribution in [0.3, 0.4) is 0 Å². The summed E-state index contributed by atoms with van der Waals surface area (Å²) in [6.45, 7) is 12.9. The third-order valence-electron chi connectivity index (χ3n) is 5.12. The molecule has 2 aliphatic carbocycles. The van der Waals surface area contributed by atoms with Crippen molar-refractivity contribution in [3.63, 3.8) is 0 Å². The maximum absolute atomic E-state index is 5.86. The summed E-state index contributed by atoms with van der Waals surface area (Å²) >= 11 is 0. The van der Waals surface area contributed by atoms with Crippen molar-refractivity contribution in [1.82, 2.24) is 0 Å². The van der Waals surface area contributed by atoms with Crippen molar-refractivity contribution >= 4 is 0 Å². The summed E-state index contributed by atoms with van der Waals surface area (Å²) in [7, 11) is 0. The van der Waals surface area contributed by atoms with Crippen LogP contribution in [0, 0.1) is 29.1 Å². The van der Waals surface area contributed by atoms with Crippen LogP contribution in [-0.4, -0.2) is 19.5 Å². The molecule has 2 aliphatic rings. The topological polar surface area (TPSA) is 18.5 Å². The van der Waals surface area contributed by atoms with Gasteiger partial charge in [0.1, 0.15) is 0 Å². The van der Waals surface area contributed by atoms with Gasteiger partial charge in [-0.1, -0.05) is 20.8 Å². The quantitative estimate of drug-likeness (QED) is 0.682. The highest BCUT2D eigenvalue weighted by atomic mass is 16.7. The van der Waals surface area contributed by atoms with Gasteiger partial charge in [0, 0.05) is 19.1 Å². The minimum Gasteiger partial charge on any atom is -0.353 e. The third-order valence-corrected chi connectivity index (χ3v) is 5.12. The van der Waals surface area contributed by atoms with Gasteiger partial charge < -0.3 is 9.47 Å². The molecule has 2 nitrogen and oxygen atoms in total. The van der Waals surface area contributed by atoms with E-state index in [1.54, 1.807) is 0 Å². The third kappa shape index (κ3) is 2.26. The molecule has 0 bridgehead atoms. The highest BCUT2D eigenvalue weighted by molar-refractivity contribution is 5.11. The van der Waals surface area contributed by atoms with Crippen LogP contribution < -0.4 is 0 Å². The van der Waals surface area contributed by atoms with E-state index in [0.717, 1.165) is 31.0 Å². The summed E-state index contributed by atoms with van der Waals surface area (Å²) in [5, 5.41) is 0. The summed E-state index contributed by atoms with van der Waals surface area (Å²) in [6.07, 6.45) is 2.77. The van der Waals surface area contributed by atoms with Crippen LogP contribution in [0.4, 0.5) is 0 Å². The van der Waals surface area contributed by atoms with E-state index in [2.05, 4.69) is 34.6 Å². The average Bonchev–Trinajstić information content (AvgIpc) is 2.81. The van der Waals surface area contributed by atoms with Gasteiger partial charge in [0.25, 0.3) is 0 Å². The van der Waals surface area contributed by atoms with Gasteiger partial charge >= 0.3 is 0 Å². The normalized spacial score (nSPS) is 39.2. The lowest BCUT2D eigenvalue weighted by Gasteiger charge is -2.34. The Balaban J connectivity index is 2.10. The van der Waals surface area contributed by atoms with Crippen molar-refractivity contribution in [2.45, 2.75) is 53.8 Å². The van der Waals surface area contributed by atoms with Gasteiger partial charge in [-0.25, -0.2) is 0 Å². The van der Waals surface area contributed by atoms with Gasteiger partial charge in [-0.15, -0.1) is 0 Å². The second kappa shape index (κ2) is 4.89. The molecule has 0 aliphatic heterocycles. The molecule has 0 aromatic carbocycles. The summed E-state index contributed by atoms with van der Waals surface area (Å²) in [4.78, 5) is 0. The Morgan fingerprint density at radius 2 is 1.71 bits per heavy atom. The molecule has 2 saturated carbocycles. The maximum Gasteiger partial charge on any atom is 0.160 e. The summed E-state index contributed by atoms with van der Waals surface area (Å²) in [5.74, 6) is 3.06. The highest BCUT2D eigenvalue weighted by Gasteiger charge is 2.64. The number of ether oxygens (including phenoxy) is 2. The summed E-state index contributed by atoms with van der Waals surface area (Å²) < 4.78 is 11.7. The number of hydrogen-bond donors (Lipinski definition) is 0. The van der Waals surface area contributed by atoms with Crippen LogP contribution in [0.2, 0.25) is 0 Å². The monoisotopic (exact) mass is 240 g/mol. The molecule has 0 saturated heterocycles. The molecule has 0 aromatic rings. The standard InChI is InChI=1S/C15H28O2/c1-6-16-14(17-7-2)12-10(3)8-9-11-13(12)15(11,4)5/h10-14H,6-9H2,1-5H3/t10-,11?,12+,13?/m0/s1. The van der Waals surface area contributed by atoms with Gasteiger partial charge in [-0.2, -0.15) is 0 Å². The minimum absolute atomic E-state index is 0.0228. The highest BCUT2D eigenvalue weighted by Crippen LogP contribution is 2.68. The van der Waals surface area contributed by atoms with Crippen molar-refractivity contribution in [2.75, 3.05) is 13.2 Å². The first-order valence-electron chi connectivity index (χ1n) is 7.27. The molecule has 17 heavy (non-hydrogen) atoms. The first-order chi connectivity index (χ1) is 8.04. The molecule has 0 aromatic heterocycles. The fraction of sp³-hybridized carbons (Fsp3) is 1.00. The summed E-state index contributed by atoms with van der Waals surface area (Å²) in [5.41, 5.74) is 0.516. The zero-order valence-electron chi connectivity index (χ0n) is 12.0. The van der Waals surface area contributed by atoms with E-state index < -0.39 is 0 Å². The smallest absolute Gasteiger partial charge is 0.160 e. The van der Waals surface area contributed by atoms with E-state index in [0.29, 0.717) is 11.3 Å². The molecule has 2 rings (SSSR count). The SMILES string of the molecule is CCOC(OCC)[C@H]1C2C(CC[C@@H]1C)C2(C)C. The Labute approximate surface area is 106 Å². The van der Waals surface area contributed by atoms with Crippen LogP contribution in [0.25, 0.3) is 0 Å². The zero-order chi connectivity index (χ0) is 12.6. The van der Waals surface area contributed by atoms with Gasteiger partial charge in [0.05, 0.1) is 0 Å². The molecule has 2 unspecified atom stereocenters. The molecule has 0 radical (unpaired) electrons. The second-order valence-corrected chi connectivity index (χ2v) is 6.36. The number of fused-ring (bicyclic) bond motifs is 1. The fourth-order valence-electron chi connectivity index (χ4n) is 4.13. The van der Waals surface area contributed by atoms with Crippen molar-refractivity contribution in [2.24, 2.45) is 29.1 Å². The lowest BCUT2D eigenvalue weighted by molar-refractivity contribution is -0.186. The largest absolute Gasteiger partial charge is 0.353 e. The van der Waals surface area contributed by atoms with Crippen molar-refractivity contribution < 1.29 is 9.47 Å². The average molecular weight is 240 g/mol. The van der Waals surface area contributed by atoms with E-state index in [4.69, 9.17) is 9.47 Å². The predicted molar refractivity (Wildman–Crippen MR) is 69.7 cm³/mol. The van der Waals surface area contributed by atoms with Crippen molar-refractivity contribution in [3.05, 3.63) is 0 Å². The predicted octanol–water partition coefficient (Wildman–Crippen LogP) is 3.70. The molecule has 0 heterocycles. The van der Waals surface area contributed by atoms with E-state index in [9.17, 15) is 0 Å². The van der Waals surface area contributed by atoms with E-state index in [1.807, 2.05) is 0 Å². The van der Waals surface area contributed by atoms with Crippen LogP contribution in [0.5, 0.6) is 0 Å². The Morgan fingerprint density at radius 1 is 1.12 bits per heavy atom. The van der Waals surface area contributed by atoms with Crippen LogP contribution >= 0.6 is 0 Å². The molecular formula is C15H28O2. The molecule has 0 amide bonds. The van der Waals surface area contributed by atoms with Gasteiger partial charge in [0.15, 0.2) is 6.29 Å². The van der Waals surface area contributed by atoms with Gasteiger partial charge in [0.2, 0.25) is 0 Å². The Kier molecular flexibility index (Phi) is 3.84. The van der Waals surface area contributed by atoms with E-state index in [1.165, 1.54) is 12.8 Å². The van der Waals surface area contributed by atoms with Gasteiger partial charge in [-0.05, 0) is 49.9 Å². The Morgan fingerprint density at radius 3 is 2.24 bits per heavy atom. The second-order valence-electron chi connectivity index (χ2n) is 6.36. The van der Waals surface area contributed by atoms with Crippen LogP contribution in [0.1, 0.15) is 47.5 Å². The molecular weight excluding hydrogens is 212 g/mol. The molecule has 4 atom stereocenters. The maximum atomic E-state index is 5.86. The first kappa shape index (κ1) is 13.4.